The van der Waals surface area contributed by atoms with Crippen molar-refractivity contribution in [2.45, 2.75) is 13.0 Å². The molecule has 0 saturated carbocycles. The number of alkyl halides is 2. The summed E-state index contributed by atoms with van der Waals surface area (Å²) in [7, 11) is 0. The van der Waals surface area contributed by atoms with E-state index in [1.54, 1.807) is 12.1 Å². The lowest BCUT2D eigenvalue weighted by molar-refractivity contribution is -0.119. The van der Waals surface area contributed by atoms with Gasteiger partial charge in [0.15, 0.2) is 0 Å². The van der Waals surface area contributed by atoms with Gasteiger partial charge in [0.2, 0.25) is 5.91 Å². The number of ether oxygens (including phenoxy) is 1. The third-order valence-corrected chi connectivity index (χ3v) is 3.11. The molecule has 0 radical (unpaired) electrons. The van der Waals surface area contributed by atoms with Gasteiger partial charge in [-0.3, -0.25) is 4.79 Å². The summed E-state index contributed by atoms with van der Waals surface area (Å²) >= 11 is 0. The molecule has 0 saturated heterocycles. The Morgan fingerprint density at radius 1 is 1.04 bits per heavy atom. The Morgan fingerprint density at radius 3 is 2.39 bits per heavy atom. The molecular formula is C17H18F2N2O2. The Balaban J connectivity index is 1.67. The fraction of sp³-hybridized carbons (Fsp3) is 0.235. The standard InChI is InChI=1S/C17H18F2N2O2/c18-17(19)23-15-8-6-14(7-9-15)21-12-16(22)20-11-10-13-4-2-1-3-5-13/h1-9,17,21H,10-12H2,(H,20,22). The molecule has 23 heavy (non-hydrogen) atoms. The van der Waals surface area contributed by atoms with Crippen LogP contribution in [0.1, 0.15) is 5.56 Å². The summed E-state index contributed by atoms with van der Waals surface area (Å²) in [6.07, 6.45) is 0.770. The summed E-state index contributed by atoms with van der Waals surface area (Å²) in [5.74, 6) is -0.0494. The van der Waals surface area contributed by atoms with Crippen molar-refractivity contribution < 1.29 is 18.3 Å². The number of carbonyl (C=O) groups excluding carboxylic acids is 1. The van der Waals surface area contributed by atoms with E-state index >= 15 is 0 Å². The van der Waals surface area contributed by atoms with Crippen molar-refractivity contribution in [3.05, 3.63) is 60.2 Å². The Labute approximate surface area is 133 Å². The number of halogens is 2. The topological polar surface area (TPSA) is 50.4 Å². The minimum Gasteiger partial charge on any atom is -0.435 e. The second-order valence-corrected chi connectivity index (χ2v) is 4.84. The zero-order valence-electron chi connectivity index (χ0n) is 12.5. The van der Waals surface area contributed by atoms with E-state index in [9.17, 15) is 13.6 Å². The summed E-state index contributed by atoms with van der Waals surface area (Å²) in [6, 6.07) is 15.9. The molecule has 122 valence electrons. The molecule has 4 nitrogen and oxygen atoms in total. The molecule has 2 aromatic carbocycles. The average Bonchev–Trinajstić information content (AvgIpc) is 2.55. The van der Waals surface area contributed by atoms with Gasteiger partial charge in [-0.2, -0.15) is 8.78 Å². The molecule has 1 amide bonds. The van der Waals surface area contributed by atoms with Gasteiger partial charge in [0, 0.05) is 12.2 Å². The second kappa shape index (κ2) is 8.73. The Bertz CT molecular complexity index is 604. The minimum atomic E-state index is -2.84. The highest BCUT2D eigenvalue weighted by atomic mass is 19.3. The molecule has 0 aliphatic rings. The first-order valence-electron chi connectivity index (χ1n) is 7.23. The number of carbonyl (C=O) groups is 1. The summed E-state index contributed by atoms with van der Waals surface area (Å²) in [5, 5.41) is 5.73. The average molecular weight is 320 g/mol. The van der Waals surface area contributed by atoms with E-state index < -0.39 is 6.61 Å². The van der Waals surface area contributed by atoms with Crippen LogP contribution in [0.25, 0.3) is 0 Å². The smallest absolute Gasteiger partial charge is 0.387 e. The van der Waals surface area contributed by atoms with Gasteiger partial charge in [-0.25, -0.2) is 0 Å². The monoisotopic (exact) mass is 320 g/mol. The first kappa shape index (κ1) is 16.7. The van der Waals surface area contributed by atoms with Crippen LogP contribution >= 0.6 is 0 Å². The fourth-order valence-corrected chi connectivity index (χ4v) is 1.99. The molecule has 0 aliphatic heterocycles. The van der Waals surface area contributed by atoms with E-state index in [1.165, 1.54) is 12.1 Å². The number of benzene rings is 2. The zero-order valence-corrected chi connectivity index (χ0v) is 12.5. The lowest BCUT2D eigenvalue weighted by Gasteiger charge is -2.09. The first-order chi connectivity index (χ1) is 11.1. The normalized spacial score (nSPS) is 10.4. The van der Waals surface area contributed by atoms with Crippen molar-refractivity contribution in [1.29, 1.82) is 0 Å². The second-order valence-electron chi connectivity index (χ2n) is 4.84. The van der Waals surface area contributed by atoms with Gasteiger partial charge in [0.1, 0.15) is 5.75 Å². The predicted octanol–water partition coefficient (Wildman–Crippen LogP) is 3.06. The van der Waals surface area contributed by atoms with Crippen molar-refractivity contribution in [2.75, 3.05) is 18.4 Å². The molecule has 0 heterocycles. The maximum Gasteiger partial charge on any atom is 0.387 e. The number of hydrogen-bond donors (Lipinski definition) is 2. The van der Waals surface area contributed by atoms with E-state index in [0.29, 0.717) is 12.2 Å². The highest BCUT2D eigenvalue weighted by molar-refractivity contribution is 5.80. The van der Waals surface area contributed by atoms with Crippen LogP contribution in [-0.4, -0.2) is 25.6 Å². The highest BCUT2D eigenvalue weighted by Crippen LogP contribution is 2.17. The van der Waals surface area contributed by atoms with Crippen molar-refractivity contribution in [1.82, 2.24) is 5.32 Å². The third-order valence-electron chi connectivity index (χ3n) is 3.11. The molecule has 2 aromatic rings. The van der Waals surface area contributed by atoms with Gasteiger partial charge >= 0.3 is 6.61 Å². The number of nitrogens with one attached hydrogen (secondary N) is 2. The van der Waals surface area contributed by atoms with Gasteiger partial charge < -0.3 is 15.4 Å². The number of amides is 1. The van der Waals surface area contributed by atoms with Crippen LogP contribution in [0.2, 0.25) is 0 Å². The molecular weight excluding hydrogens is 302 g/mol. The molecule has 0 atom stereocenters. The third kappa shape index (κ3) is 6.34. The molecule has 0 spiro atoms. The molecule has 6 heteroatoms. The van der Waals surface area contributed by atoms with Gasteiger partial charge in [0.05, 0.1) is 6.54 Å². The van der Waals surface area contributed by atoms with Gasteiger partial charge in [-0.05, 0) is 36.2 Å². The van der Waals surface area contributed by atoms with E-state index in [1.807, 2.05) is 30.3 Å². The van der Waals surface area contributed by atoms with Crippen molar-refractivity contribution in [3.8, 4) is 5.75 Å². The van der Waals surface area contributed by atoms with E-state index in [-0.39, 0.29) is 18.2 Å². The Kier molecular flexibility index (Phi) is 6.35. The fourth-order valence-electron chi connectivity index (χ4n) is 1.99. The van der Waals surface area contributed by atoms with E-state index in [2.05, 4.69) is 15.4 Å². The van der Waals surface area contributed by atoms with Crippen LogP contribution < -0.4 is 15.4 Å². The molecule has 0 aromatic heterocycles. The van der Waals surface area contributed by atoms with Crippen molar-refractivity contribution in [3.63, 3.8) is 0 Å². The largest absolute Gasteiger partial charge is 0.435 e. The minimum absolute atomic E-state index is 0.0814. The van der Waals surface area contributed by atoms with Crippen LogP contribution in [0, 0.1) is 0 Å². The van der Waals surface area contributed by atoms with Gasteiger partial charge in [-0.1, -0.05) is 30.3 Å². The summed E-state index contributed by atoms with van der Waals surface area (Å²) in [6.45, 7) is -2.17. The van der Waals surface area contributed by atoms with Crippen LogP contribution in [0.5, 0.6) is 5.75 Å². The number of hydrogen-bond acceptors (Lipinski definition) is 3. The molecule has 0 unspecified atom stereocenters. The predicted molar refractivity (Wildman–Crippen MR) is 84.7 cm³/mol. The number of anilines is 1. The lowest BCUT2D eigenvalue weighted by Crippen LogP contribution is -2.31. The van der Waals surface area contributed by atoms with E-state index in [4.69, 9.17) is 0 Å². The molecule has 2 rings (SSSR count). The molecule has 2 N–H and O–H groups in total. The van der Waals surface area contributed by atoms with Crippen LogP contribution in [0.15, 0.2) is 54.6 Å². The summed E-state index contributed by atoms with van der Waals surface area (Å²) in [4.78, 5) is 11.7. The molecule has 0 aliphatic carbocycles. The van der Waals surface area contributed by atoms with E-state index in [0.717, 1.165) is 12.0 Å². The van der Waals surface area contributed by atoms with Crippen LogP contribution in [0.3, 0.4) is 0 Å². The van der Waals surface area contributed by atoms with Crippen molar-refractivity contribution in [2.24, 2.45) is 0 Å². The molecule has 0 fully saturated rings. The highest BCUT2D eigenvalue weighted by Gasteiger charge is 2.04. The first-order valence-corrected chi connectivity index (χ1v) is 7.23. The maximum atomic E-state index is 12.0. The quantitative estimate of drug-likeness (QED) is 0.786. The van der Waals surface area contributed by atoms with Crippen LogP contribution in [-0.2, 0) is 11.2 Å². The van der Waals surface area contributed by atoms with Gasteiger partial charge in [0.25, 0.3) is 0 Å². The maximum absolute atomic E-state index is 12.0. The summed E-state index contributed by atoms with van der Waals surface area (Å²) in [5.41, 5.74) is 1.82. The Morgan fingerprint density at radius 2 is 1.74 bits per heavy atom. The summed E-state index contributed by atoms with van der Waals surface area (Å²) < 4.78 is 28.3. The lowest BCUT2D eigenvalue weighted by atomic mass is 10.1. The van der Waals surface area contributed by atoms with Crippen molar-refractivity contribution >= 4 is 11.6 Å². The Hall–Kier alpha value is -2.63. The molecule has 0 bridgehead atoms. The SMILES string of the molecule is O=C(CNc1ccc(OC(F)F)cc1)NCCc1ccccc1. The zero-order chi connectivity index (χ0) is 16.5. The van der Waals surface area contributed by atoms with Gasteiger partial charge in [-0.15, -0.1) is 0 Å². The van der Waals surface area contributed by atoms with Crippen LogP contribution in [0.4, 0.5) is 14.5 Å². The number of rotatable bonds is 8.